The molecule has 0 radical (unpaired) electrons. The number of carbonyl (C=O) groups excluding carboxylic acids is 1. The molecule has 1 aromatic carbocycles. The molecule has 0 atom stereocenters. The Balaban J connectivity index is 1.77. The molecule has 0 saturated carbocycles. The van der Waals surface area contributed by atoms with Crippen LogP contribution in [-0.4, -0.2) is 54.7 Å². The molecule has 0 spiro atoms. The molecule has 1 fully saturated rings. The smallest absolute Gasteiger partial charge is 0.270 e. The molecule has 3 rings (SSSR count). The summed E-state index contributed by atoms with van der Waals surface area (Å²) in [6.07, 6.45) is 2.06. The zero-order valence-electron chi connectivity index (χ0n) is 13.3. The van der Waals surface area contributed by atoms with Crippen molar-refractivity contribution in [1.29, 1.82) is 0 Å². The van der Waals surface area contributed by atoms with Crippen molar-refractivity contribution in [2.45, 2.75) is 11.3 Å². The van der Waals surface area contributed by atoms with Gasteiger partial charge in [0.1, 0.15) is 22.2 Å². The van der Waals surface area contributed by atoms with Gasteiger partial charge in [0, 0.05) is 38.4 Å². The van der Waals surface area contributed by atoms with Crippen molar-refractivity contribution in [2.75, 3.05) is 26.2 Å². The van der Waals surface area contributed by atoms with Gasteiger partial charge in [0.25, 0.3) is 5.91 Å². The van der Waals surface area contributed by atoms with Gasteiger partial charge in [-0.1, -0.05) is 0 Å². The van der Waals surface area contributed by atoms with Crippen LogP contribution in [0.1, 0.15) is 16.9 Å². The maximum Gasteiger partial charge on any atom is 0.270 e. The number of aromatic nitrogens is 1. The maximum absolute atomic E-state index is 13.9. The quantitative estimate of drug-likeness (QED) is 0.897. The largest absolute Gasteiger partial charge is 0.357 e. The average molecular weight is 369 g/mol. The molecular weight excluding hydrogens is 352 g/mol. The molecule has 2 heterocycles. The number of halogens is 2. The van der Waals surface area contributed by atoms with E-state index in [0.717, 1.165) is 16.4 Å². The molecule has 0 bridgehead atoms. The van der Waals surface area contributed by atoms with E-state index in [9.17, 15) is 22.0 Å². The van der Waals surface area contributed by atoms with Crippen molar-refractivity contribution >= 4 is 15.9 Å². The molecule has 134 valence electrons. The second-order valence-corrected chi connectivity index (χ2v) is 7.61. The first-order valence-corrected chi connectivity index (χ1v) is 9.21. The Kier molecular flexibility index (Phi) is 4.87. The van der Waals surface area contributed by atoms with E-state index in [-0.39, 0.29) is 25.5 Å². The van der Waals surface area contributed by atoms with Gasteiger partial charge in [0.2, 0.25) is 10.0 Å². The standard InChI is InChI=1S/C16H17F2N3O3S/c17-12-4-5-15(13(18)11-12)25(23,24)21-8-2-7-20(9-10-21)16(22)14-3-1-6-19-14/h1,3-6,11,19H,2,7-10H2. The van der Waals surface area contributed by atoms with Gasteiger partial charge < -0.3 is 9.88 Å². The van der Waals surface area contributed by atoms with Gasteiger partial charge in [-0.3, -0.25) is 4.79 Å². The lowest BCUT2D eigenvalue weighted by Crippen LogP contribution is -2.37. The van der Waals surface area contributed by atoms with Crippen molar-refractivity contribution in [2.24, 2.45) is 0 Å². The predicted octanol–water partition coefficient (Wildman–Crippen LogP) is 1.83. The summed E-state index contributed by atoms with van der Waals surface area (Å²) in [6.45, 7) is 0.801. The fourth-order valence-corrected chi connectivity index (χ4v) is 4.31. The Morgan fingerprint density at radius 1 is 1.08 bits per heavy atom. The fourth-order valence-electron chi connectivity index (χ4n) is 2.79. The number of hydrogen-bond donors (Lipinski definition) is 1. The number of nitrogens with one attached hydrogen (secondary N) is 1. The Hall–Kier alpha value is -2.26. The highest BCUT2D eigenvalue weighted by atomic mass is 32.2. The van der Waals surface area contributed by atoms with Gasteiger partial charge in [-0.05, 0) is 30.7 Å². The average Bonchev–Trinajstić information content (AvgIpc) is 2.97. The monoisotopic (exact) mass is 369 g/mol. The minimum Gasteiger partial charge on any atom is -0.357 e. The molecule has 1 aliphatic heterocycles. The molecule has 25 heavy (non-hydrogen) atoms. The summed E-state index contributed by atoms with van der Waals surface area (Å²) >= 11 is 0. The number of sulfonamides is 1. The Labute approximate surface area is 144 Å². The van der Waals surface area contributed by atoms with Crippen molar-refractivity contribution < 1.29 is 22.0 Å². The number of aromatic amines is 1. The van der Waals surface area contributed by atoms with E-state index in [0.29, 0.717) is 24.7 Å². The third-order valence-electron chi connectivity index (χ3n) is 4.08. The molecule has 1 saturated heterocycles. The molecule has 1 aromatic heterocycles. The predicted molar refractivity (Wildman–Crippen MR) is 86.4 cm³/mol. The number of nitrogens with zero attached hydrogens (tertiary/aromatic N) is 2. The molecular formula is C16H17F2N3O3S. The first-order chi connectivity index (χ1) is 11.9. The lowest BCUT2D eigenvalue weighted by atomic mass is 10.3. The van der Waals surface area contributed by atoms with Crippen LogP contribution in [-0.2, 0) is 10.0 Å². The molecule has 1 N–H and O–H groups in total. The van der Waals surface area contributed by atoms with Crippen LogP contribution >= 0.6 is 0 Å². The fraction of sp³-hybridized carbons (Fsp3) is 0.312. The van der Waals surface area contributed by atoms with Crippen molar-refractivity contribution in [1.82, 2.24) is 14.2 Å². The second-order valence-electron chi connectivity index (χ2n) is 5.71. The van der Waals surface area contributed by atoms with Crippen LogP contribution in [0.2, 0.25) is 0 Å². The molecule has 1 aliphatic rings. The second kappa shape index (κ2) is 6.93. The summed E-state index contributed by atoms with van der Waals surface area (Å²) in [5, 5.41) is 0. The van der Waals surface area contributed by atoms with Crippen LogP contribution in [0, 0.1) is 11.6 Å². The molecule has 0 unspecified atom stereocenters. The molecule has 1 amide bonds. The van der Waals surface area contributed by atoms with E-state index in [4.69, 9.17) is 0 Å². The minimum atomic E-state index is -4.09. The van der Waals surface area contributed by atoms with Crippen LogP contribution in [0.4, 0.5) is 8.78 Å². The van der Waals surface area contributed by atoms with Crippen LogP contribution in [0.3, 0.4) is 0 Å². The Morgan fingerprint density at radius 3 is 2.56 bits per heavy atom. The summed E-state index contributed by atoms with van der Waals surface area (Å²) in [4.78, 5) is 16.2. The van der Waals surface area contributed by atoms with Gasteiger partial charge in [0.15, 0.2) is 0 Å². The summed E-state index contributed by atoms with van der Waals surface area (Å²) in [5.74, 6) is -2.17. The SMILES string of the molecule is O=C(c1ccc[nH]1)N1CCCN(S(=O)(=O)c2ccc(F)cc2F)CC1. The third-order valence-corrected chi connectivity index (χ3v) is 6.01. The van der Waals surface area contributed by atoms with Gasteiger partial charge in [-0.25, -0.2) is 17.2 Å². The van der Waals surface area contributed by atoms with Gasteiger partial charge in [0.05, 0.1) is 0 Å². The number of H-pyrrole nitrogens is 1. The lowest BCUT2D eigenvalue weighted by molar-refractivity contribution is 0.0759. The van der Waals surface area contributed by atoms with Gasteiger partial charge >= 0.3 is 0 Å². The van der Waals surface area contributed by atoms with E-state index in [1.54, 1.807) is 23.2 Å². The van der Waals surface area contributed by atoms with Crippen LogP contribution in [0.15, 0.2) is 41.4 Å². The Morgan fingerprint density at radius 2 is 1.88 bits per heavy atom. The number of benzene rings is 1. The highest BCUT2D eigenvalue weighted by Gasteiger charge is 2.30. The summed E-state index contributed by atoms with van der Waals surface area (Å²) in [5.41, 5.74) is 0.431. The van der Waals surface area contributed by atoms with Crippen LogP contribution in [0.25, 0.3) is 0 Å². The first-order valence-electron chi connectivity index (χ1n) is 7.77. The zero-order valence-corrected chi connectivity index (χ0v) is 14.1. The van der Waals surface area contributed by atoms with E-state index in [1.807, 2.05) is 0 Å². The van der Waals surface area contributed by atoms with E-state index >= 15 is 0 Å². The molecule has 9 heteroatoms. The summed E-state index contributed by atoms with van der Waals surface area (Å²) < 4.78 is 53.3. The summed E-state index contributed by atoms with van der Waals surface area (Å²) in [6, 6.07) is 5.74. The highest BCUT2D eigenvalue weighted by Crippen LogP contribution is 2.21. The van der Waals surface area contributed by atoms with Crippen LogP contribution in [0.5, 0.6) is 0 Å². The maximum atomic E-state index is 13.9. The summed E-state index contributed by atoms with van der Waals surface area (Å²) in [7, 11) is -4.09. The van der Waals surface area contributed by atoms with E-state index in [2.05, 4.69) is 4.98 Å². The number of amides is 1. The highest BCUT2D eigenvalue weighted by molar-refractivity contribution is 7.89. The number of carbonyl (C=O) groups is 1. The van der Waals surface area contributed by atoms with Crippen molar-refractivity contribution in [3.63, 3.8) is 0 Å². The normalized spacial score (nSPS) is 16.6. The lowest BCUT2D eigenvalue weighted by Gasteiger charge is -2.21. The van der Waals surface area contributed by atoms with Crippen molar-refractivity contribution in [3.05, 3.63) is 53.9 Å². The van der Waals surface area contributed by atoms with E-state index < -0.39 is 26.6 Å². The van der Waals surface area contributed by atoms with Gasteiger partial charge in [-0.15, -0.1) is 0 Å². The first kappa shape index (κ1) is 17.6. The van der Waals surface area contributed by atoms with Crippen LogP contribution < -0.4 is 0 Å². The number of rotatable bonds is 3. The Bertz CT molecular complexity index is 869. The van der Waals surface area contributed by atoms with Gasteiger partial charge in [-0.2, -0.15) is 4.31 Å². The zero-order chi connectivity index (χ0) is 18.0. The third kappa shape index (κ3) is 3.57. The molecule has 2 aromatic rings. The topological polar surface area (TPSA) is 73.5 Å². The number of hydrogen-bond acceptors (Lipinski definition) is 3. The molecule has 0 aliphatic carbocycles. The van der Waals surface area contributed by atoms with E-state index in [1.165, 1.54) is 0 Å². The van der Waals surface area contributed by atoms with Crippen molar-refractivity contribution in [3.8, 4) is 0 Å². The minimum absolute atomic E-state index is 0.0472. The molecule has 6 nitrogen and oxygen atoms in total.